The van der Waals surface area contributed by atoms with E-state index in [-0.39, 0.29) is 5.91 Å². The molecule has 2 aliphatic heterocycles. The molecule has 2 heterocycles. The molecule has 2 nitrogen and oxygen atoms in total. The highest BCUT2D eigenvalue weighted by Gasteiger charge is 2.41. The molecule has 0 spiro atoms. The highest BCUT2D eigenvalue weighted by molar-refractivity contribution is 8.04. The predicted octanol–water partition coefficient (Wildman–Crippen LogP) is 0.805. The van der Waals surface area contributed by atoms with E-state index in [0.29, 0.717) is 5.37 Å². The molecule has 9 heavy (non-hydrogen) atoms. The molecule has 2 rings (SSSR count). The zero-order chi connectivity index (χ0) is 6.43. The van der Waals surface area contributed by atoms with E-state index in [9.17, 15) is 4.79 Å². The number of hydrogen-bond donors (Lipinski definition) is 0. The largest absolute Gasteiger partial charge is 0.325 e. The van der Waals surface area contributed by atoms with Crippen molar-refractivity contribution in [3.05, 3.63) is 11.5 Å². The number of rotatable bonds is 0. The normalized spacial score (nSPS) is 32.4. The SMILES string of the molecule is C=C1CN2C(=O)C[C@@H]2S1. The van der Waals surface area contributed by atoms with Gasteiger partial charge in [-0.1, -0.05) is 6.58 Å². The second kappa shape index (κ2) is 1.53. The molecule has 0 unspecified atom stereocenters. The summed E-state index contributed by atoms with van der Waals surface area (Å²) in [5.41, 5.74) is 0. The molecule has 0 bridgehead atoms. The summed E-state index contributed by atoms with van der Waals surface area (Å²) < 4.78 is 0. The maximum Gasteiger partial charge on any atom is 0.226 e. The van der Waals surface area contributed by atoms with Crippen LogP contribution < -0.4 is 0 Å². The van der Waals surface area contributed by atoms with Gasteiger partial charge in [0.15, 0.2) is 0 Å². The molecule has 0 N–H and O–H groups in total. The molecule has 0 radical (unpaired) electrons. The molecule has 2 aliphatic rings. The van der Waals surface area contributed by atoms with Crippen molar-refractivity contribution in [3.8, 4) is 0 Å². The Bertz CT molecular complexity index is 187. The number of carbonyl (C=O) groups is 1. The first-order valence-electron chi connectivity index (χ1n) is 2.91. The van der Waals surface area contributed by atoms with Gasteiger partial charge in [0.25, 0.3) is 0 Å². The van der Waals surface area contributed by atoms with Crippen molar-refractivity contribution in [1.29, 1.82) is 0 Å². The van der Waals surface area contributed by atoms with Crippen molar-refractivity contribution in [3.63, 3.8) is 0 Å². The molecule has 0 aromatic rings. The molecule has 0 saturated carbocycles. The predicted molar refractivity (Wildman–Crippen MR) is 36.8 cm³/mol. The Balaban J connectivity index is 2.16. The van der Waals surface area contributed by atoms with Crippen LogP contribution in [0.1, 0.15) is 6.42 Å². The molecule has 2 fully saturated rings. The van der Waals surface area contributed by atoms with Gasteiger partial charge < -0.3 is 4.90 Å². The summed E-state index contributed by atoms with van der Waals surface area (Å²) >= 11 is 1.73. The van der Waals surface area contributed by atoms with Gasteiger partial charge in [-0.25, -0.2) is 0 Å². The van der Waals surface area contributed by atoms with Crippen LogP contribution in [-0.4, -0.2) is 22.7 Å². The lowest BCUT2D eigenvalue weighted by Crippen LogP contribution is -2.46. The van der Waals surface area contributed by atoms with Crippen LogP contribution >= 0.6 is 11.8 Å². The van der Waals surface area contributed by atoms with Crippen LogP contribution in [0.3, 0.4) is 0 Å². The van der Waals surface area contributed by atoms with Crippen LogP contribution in [0.2, 0.25) is 0 Å². The number of β-lactam (4-membered cyclic amide) rings is 1. The highest BCUT2D eigenvalue weighted by Crippen LogP contribution is 2.40. The molecule has 3 heteroatoms. The van der Waals surface area contributed by atoms with Crippen LogP contribution in [0.25, 0.3) is 0 Å². The summed E-state index contributed by atoms with van der Waals surface area (Å²) in [6.45, 7) is 4.58. The molecule has 1 amide bonds. The number of nitrogens with zero attached hydrogens (tertiary/aromatic N) is 1. The first kappa shape index (κ1) is 5.35. The third-order valence-electron chi connectivity index (χ3n) is 1.67. The molecular weight excluding hydrogens is 134 g/mol. The lowest BCUT2D eigenvalue weighted by Gasteiger charge is -2.32. The standard InChI is InChI=1S/C6H7NOS/c1-4-3-7-5(8)2-6(7)9-4/h6H,1-3H2/t6-/m0/s1. The van der Waals surface area contributed by atoms with Gasteiger partial charge in [-0.05, 0) is 4.91 Å². The van der Waals surface area contributed by atoms with Gasteiger partial charge in [0, 0.05) is 0 Å². The zero-order valence-corrected chi connectivity index (χ0v) is 5.78. The molecule has 0 aromatic heterocycles. The summed E-state index contributed by atoms with van der Waals surface area (Å²) in [6, 6.07) is 0. The summed E-state index contributed by atoms with van der Waals surface area (Å²) in [6.07, 6.45) is 0.726. The van der Waals surface area contributed by atoms with Gasteiger partial charge in [0.2, 0.25) is 5.91 Å². The van der Waals surface area contributed by atoms with Crippen LogP contribution in [0, 0.1) is 0 Å². The lowest BCUT2D eigenvalue weighted by atomic mass is 10.2. The van der Waals surface area contributed by atoms with Crippen molar-refractivity contribution in [2.24, 2.45) is 0 Å². The van der Waals surface area contributed by atoms with Crippen molar-refractivity contribution in [1.82, 2.24) is 4.90 Å². The van der Waals surface area contributed by atoms with Gasteiger partial charge in [0.1, 0.15) is 0 Å². The van der Waals surface area contributed by atoms with E-state index >= 15 is 0 Å². The third-order valence-corrected chi connectivity index (χ3v) is 2.82. The first-order valence-corrected chi connectivity index (χ1v) is 3.79. The van der Waals surface area contributed by atoms with E-state index in [4.69, 9.17) is 0 Å². The van der Waals surface area contributed by atoms with Gasteiger partial charge in [0.05, 0.1) is 18.3 Å². The Hall–Kier alpha value is -0.440. The quantitative estimate of drug-likeness (QED) is 0.465. The average Bonchev–Trinajstić information content (AvgIpc) is 2.08. The zero-order valence-electron chi connectivity index (χ0n) is 4.96. The topological polar surface area (TPSA) is 20.3 Å². The molecule has 2 saturated heterocycles. The van der Waals surface area contributed by atoms with Crippen molar-refractivity contribution < 1.29 is 4.79 Å². The van der Waals surface area contributed by atoms with Gasteiger partial charge >= 0.3 is 0 Å². The van der Waals surface area contributed by atoms with E-state index in [1.165, 1.54) is 0 Å². The van der Waals surface area contributed by atoms with Crippen molar-refractivity contribution in [2.45, 2.75) is 11.8 Å². The average molecular weight is 141 g/mol. The van der Waals surface area contributed by atoms with E-state index in [0.717, 1.165) is 17.9 Å². The Morgan fingerprint density at radius 2 is 2.56 bits per heavy atom. The second-order valence-electron chi connectivity index (χ2n) is 2.34. The Labute approximate surface area is 57.9 Å². The molecule has 0 aromatic carbocycles. The molecule has 48 valence electrons. The number of fused-ring (bicyclic) bond motifs is 1. The van der Waals surface area contributed by atoms with Crippen LogP contribution in [0.15, 0.2) is 11.5 Å². The molecular formula is C6H7NOS. The maximum absolute atomic E-state index is 10.7. The fraction of sp³-hybridized carbons (Fsp3) is 0.500. The third kappa shape index (κ3) is 0.611. The lowest BCUT2D eigenvalue weighted by molar-refractivity contribution is -0.140. The first-order chi connectivity index (χ1) is 4.27. The number of thioether (sulfide) groups is 1. The van der Waals surface area contributed by atoms with E-state index in [1.807, 2.05) is 4.90 Å². The summed E-state index contributed by atoms with van der Waals surface area (Å²) in [7, 11) is 0. The summed E-state index contributed by atoms with van der Waals surface area (Å²) in [5, 5.41) is 0.449. The van der Waals surface area contributed by atoms with Crippen molar-refractivity contribution >= 4 is 17.7 Å². The summed E-state index contributed by atoms with van der Waals surface area (Å²) in [5.74, 6) is 0.283. The van der Waals surface area contributed by atoms with E-state index < -0.39 is 0 Å². The fourth-order valence-corrected chi connectivity index (χ4v) is 2.28. The van der Waals surface area contributed by atoms with E-state index in [1.54, 1.807) is 11.8 Å². The highest BCUT2D eigenvalue weighted by atomic mass is 32.2. The van der Waals surface area contributed by atoms with Crippen LogP contribution in [-0.2, 0) is 4.79 Å². The maximum atomic E-state index is 10.7. The van der Waals surface area contributed by atoms with Crippen LogP contribution in [0.5, 0.6) is 0 Å². The molecule has 0 aliphatic carbocycles. The number of hydrogen-bond acceptors (Lipinski definition) is 2. The monoisotopic (exact) mass is 141 g/mol. The summed E-state index contributed by atoms with van der Waals surface area (Å²) in [4.78, 5) is 13.7. The second-order valence-corrected chi connectivity index (χ2v) is 3.69. The van der Waals surface area contributed by atoms with E-state index in [2.05, 4.69) is 6.58 Å². The fourth-order valence-electron chi connectivity index (χ4n) is 1.14. The van der Waals surface area contributed by atoms with Gasteiger partial charge in [-0.15, -0.1) is 11.8 Å². The minimum absolute atomic E-state index is 0.283. The van der Waals surface area contributed by atoms with Crippen LogP contribution in [0.4, 0.5) is 0 Å². The number of amides is 1. The Morgan fingerprint density at radius 1 is 1.78 bits per heavy atom. The Morgan fingerprint density at radius 3 is 3.00 bits per heavy atom. The van der Waals surface area contributed by atoms with Gasteiger partial charge in [-0.2, -0.15) is 0 Å². The minimum Gasteiger partial charge on any atom is -0.325 e. The molecule has 1 atom stereocenters. The number of carbonyl (C=O) groups excluding carboxylic acids is 1. The van der Waals surface area contributed by atoms with Gasteiger partial charge in [-0.3, -0.25) is 4.79 Å². The smallest absolute Gasteiger partial charge is 0.226 e. The minimum atomic E-state index is 0.283. The van der Waals surface area contributed by atoms with Crippen molar-refractivity contribution in [2.75, 3.05) is 6.54 Å². The Kier molecular flexibility index (Phi) is 0.913.